The van der Waals surface area contributed by atoms with Crippen molar-refractivity contribution >= 4 is 12.2 Å². The Bertz CT molecular complexity index is 1440. The average molecular weight is 742 g/mol. The van der Waals surface area contributed by atoms with Crippen LogP contribution in [0.2, 0.25) is 0 Å². The van der Waals surface area contributed by atoms with E-state index in [1.54, 1.807) is 4.90 Å². The van der Waals surface area contributed by atoms with Gasteiger partial charge in [0.25, 0.3) is 0 Å². The van der Waals surface area contributed by atoms with Crippen LogP contribution in [0, 0.1) is 56.7 Å². The first-order chi connectivity index (χ1) is 24.8. The maximum atomic E-state index is 13.6. The van der Waals surface area contributed by atoms with Gasteiger partial charge in [0, 0.05) is 56.6 Å². The van der Waals surface area contributed by atoms with E-state index in [0.717, 1.165) is 71.1 Å². The van der Waals surface area contributed by atoms with Gasteiger partial charge >= 0.3 is 12.2 Å². The standard InChI is InChI=1S/C43H71N3O7/c1-26(2)33(53-37(49)45-17-10-18-45)28-23-27(3)32-34(51-28)35(47)41(9)30-12-11-29-39(6,7)31(13-14-42(29)24-43(30,42)16-15-40(32,41)8)52-36(48)46-21-19-44(20-22-46)25-38(4,5)50/h26-35,47,50H,10-25H2,1-9H3/t27-,28-,29+,30+,31+,32+,33-,34+,35+,40-,41-,42-,43?/m1/s1. The predicted octanol–water partition coefficient (Wildman–Crippen LogP) is 6.56. The van der Waals surface area contributed by atoms with Crippen LogP contribution in [0.1, 0.15) is 120 Å². The van der Waals surface area contributed by atoms with Crippen LogP contribution in [-0.2, 0) is 14.2 Å². The van der Waals surface area contributed by atoms with E-state index in [4.69, 9.17) is 14.2 Å². The molecule has 2 spiro atoms. The Balaban J connectivity index is 0.972. The first-order valence-corrected chi connectivity index (χ1v) is 21.5. The van der Waals surface area contributed by atoms with Crippen molar-refractivity contribution in [3.8, 4) is 0 Å². The Labute approximate surface area is 319 Å². The number of piperazine rings is 1. The zero-order valence-electron chi connectivity index (χ0n) is 34.4. The minimum atomic E-state index is -0.746. The molecule has 3 saturated heterocycles. The molecule has 13 atom stereocenters. The molecule has 8 fully saturated rings. The lowest BCUT2D eigenvalue weighted by Crippen LogP contribution is -2.60. The van der Waals surface area contributed by atoms with Crippen molar-refractivity contribution in [2.24, 2.45) is 56.7 Å². The molecule has 3 heterocycles. The molecule has 0 bridgehead atoms. The third-order valence-electron chi connectivity index (χ3n) is 17.6. The summed E-state index contributed by atoms with van der Waals surface area (Å²) in [6, 6.07) is 0. The lowest BCUT2D eigenvalue weighted by Gasteiger charge is -2.63. The Morgan fingerprint density at radius 3 is 2.15 bits per heavy atom. The summed E-state index contributed by atoms with van der Waals surface area (Å²) in [5, 5.41) is 23.0. The molecule has 8 rings (SSSR count). The highest BCUT2D eigenvalue weighted by Gasteiger charge is 2.84. The molecule has 8 aliphatic rings. The summed E-state index contributed by atoms with van der Waals surface area (Å²) in [5.74, 6) is 1.67. The summed E-state index contributed by atoms with van der Waals surface area (Å²) < 4.78 is 19.7. The van der Waals surface area contributed by atoms with Gasteiger partial charge in [-0.05, 0) is 117 Å². The Morgan fingerprint density at radius 1 is 0.887 bits per heavy atom. The molecule has 53 heavy (non-hydrogen) atoms. The maximum Gasteiger partial charge on any atom is 0.410 e. The molecule has 300 valence electrons. The summed E-state index contributed by atoms with van der Waals surface area (Å²) in [7, 11) is 0. The van der Waals surface area contributed by atoms with Crippen molar-refractivity contribution in [1.29, 1.82) is 0 Å². The molecular weight excluding hydrogens is 670 g/mol. The average Bonchev–Trinajstić information content (AvgIpc) is 3.68. The van der Waals surface area contributed by atoms with Gasteiger partial charge in [0.1, 0.15) is 12.2 Å². The number of rotatable bonds is 6. The summed E-state index contributed by atoms with van der Waals surface area (Å²) in [6.07, 6.45) is 7.78. The van der Waals surface area contributed by atoms with E-state index in [2.05, 4.69) is 53.4 Å². The highest BCUT2D eigenvalue weighted by atomic mass is 16.6. The second-order valence-electron chi connectivity index (χ2n) is 21.4. The lowest BCUT2D eigenvalue weighted by atomic mass is 9.41. The van der Waals surface area contributed by atoms with E-state index in [1.807, 2.05) is 18.7 Å². The minimum Gasteiger partial charge on any atom is -0.446 e. The van der Waals surface area contributed by atoms with E-state index >= 15 is 0 Å². The summed E-state index contributed by atoms with van der Waals surface area (Å²) in [4.78, 5) is 32.4. The van der Waals surface area contributed by atoms with Gasteiger partial charge in [0.2, 0.25) is 0 Å². The van der Waals surface area contributed by atoms with Crippen LogP contribution < -0.4 is 0 Å². The lowest BCUT2D eigenvalue weighted by molar-refractivity contribution is -0.185. The number of nitrogens with zero attached hydrogens (tertiary/aromatic N) is 3. The van der Waals surface area contributed by atoms with E-state index in [0.29, 0.717) is 37.4 Å². The second-order valence-corrected chi connectivity index (χ2v) is 21.4. The number of β-amino-alcohol motifs (C(OH)–C–C–N with tert-alkyl or cyclic N) is 1. The number of carbonyl (C=O) groups excluding carboxylic acids is 2. The second kappa shape index (κ2) is 12.7. The van der Waals surface area contributed by atoms with Gasteiger partial charge in [-0.2, -0.15) is 0 Å². The quantitative estimate of drug-likeness (QED) is 0.315. The van der Waals surface area contributed by atoms with E-state index < -0.39 is 11.7 Å². The fourth-order valence-corrected chi connectivity index (χ4v) is 14.9. The van der Waals surface area contributed by atoms with Gasteiger partial charge in [-0.25, -0.2) is 9.59 Å². The zero-order valence-corrected chi connectivity index (χ0v) is 34.4. The van der Waals surface area contributed by atoms with Crippen LogP contribution in [0.25, 0.3) is 0 Å². The maximum absolute atomic E-state index is 13.6. The molecule has 0 aromatic heterocycles. The molecule has 0 radical (unpaired) electrons. The number of amides is 2. The predicted molar refractivity (Wildman–Crippen MR) is 202 cm³/mol. The molecule has 10 nitrogen and oxygen atoms in total. The molecule has 1 unspecified atom stereocenters. The van der Waals surface area contributed by atoms with Crippen molar-refractivity contribution < 1.29 is 34.0 Å². The molecule has 5 saturated carbocycles. The fourth-order valence-electron chi connectivity index (χ4n) is 14.9. The van der Waals surface area contributed by atoms with Crippen LogP contribution in [0.5, 0.6) is 0 Å². The number of likely N-dealkylation sites (tertiary alicyclic amines) is 1. The minimum absolute atomic E-state index is 0.0329. The van der Waals surface area contributed by atoms with Gasteiger partial charge in [0.15, 0.2) is 0 Å². The van der Waals surface area contributed by atoms with Crippen molar-refractivity contribution in [2.45, 2.75) is 156 Å². The van der Waals surface area contributed by atoms with Gasteiger partial charge in [0.05, 0.1) is 23.9 Å². The number of aliphatic hydroxyl groups excluding tert-OH is 1. The van der Waals surface area contributed by atoms with Crippen molar-refractivity contribution in [1.82, 2.24) is 14.7 Å². The first-order valence-electron chi connectivity index (χ1n) is 21.5. The van der Waals surface area contributed by atoms with Crippen LogP contribution in [0.3, 0.4) is 0 Å². The number of hydrogen-bond donors (Lipinski definition) is 2. The Hall–Kier alpha value is -1.62. The molecule has 2 amide bonds. The largest absolute Gasteiger partial charge is 0.446 e. The summed E-state index contributed by atoms with van der Waals surface area (Å²) in [6.45, 7) is 24.8. The van der Waals surface area contributed by atoms with E-state index in [9.17, 15) is 19.8 Å². The van der Waals surface area contributed by atoms with Gasteiger partial charge < -0.3 is 34.2 Å². The molecule has 0 aromatic rings. The highest BCUT2D eigenvalue weighted by Crippen LogP contribution is 2.89. The zero-order chi connectivity index (χ0) is 38.1. The van der Waals surface area contributed by atoms with E-state index in [-0.39, 0.29) is 75.5 Å². The SMILES string of the molecule is CC(C)[C@@H](OC(=O)N1CCC1)[C@H]1C[C@@H](C)[C@H]2[C@H](O1)[C@H](O)[C@@]1(C)[C@@H]3CC[C@H]4C(C)(C)[C@@H](OC(=O)N5CCN(CC(C)(C)O)CC5)CC[C@@]45CC35CC[C@]21C. The van der Waals surface area contributed by atoms with Gasteiger partial charge in [-0.15, -0.1) is 0 Å². The Morgan fingerprint density at radius 2 is 1.53 bits per heavy atom. The smallest absolute Gasteiger partial charge is 0.410 e. The van der Waals surface area contributed by atoms with Crippen LogP contribution in [0.15, 0.2) is 0 Å². The molecule has 5 aliphatic carbocycles. The molecule has 0 aromatic carbocycles. The molecule has 3 aliphatic heterocycles. The number of aliphatic hydroxyl groups is 2. The van der Waals surface area contributed by atoms with Crippen LogP contribution >= 0.6 is 0 Å². The fraction of sp³-hybridized carbons (Fsp3) is 0.953. The third kappa shape index (κ3) is 5.58. The van der Waals surface area contributed by atoms with Crippen molar-refractivity contribution in [3.63, 3.8) is 0 Å². The highest BCUT2D eigenvalue weighted by molar-refractivity contribution is 5.69. The number of fused-ring (bicyclic) bond motifs is 4. The number of hydrogen-bond acceptors (Lipinski definition) is 8. The molecule has 2 N–H and O–H groups in total. The van der Waals surface area contributed by atoms with Gasteiger partial charge in [-0.1, -0.05) is 48.5 Å². The van der Waals surface area contributed by atoms with Crippen molar-refractivity contribution in [3.05, 3.63) is 0 Å². The van der Waals surface area contributed by atoms with Crippen LogP contribution in [0.4, 0.5) is 9.59 Å². The summed E-state index contributed by atoms with van der Waals surface area (Å²) in [5.41, 5.74) is -0.706. The van der Waals surface area contributed by atoms with Crippen LogP contribution in [-0.4, -0.2) is 119 Å². The topological polar surface area (TPSA) is 112 Å². The Kier molecular flexibility index (Phi) is 9.16. The van der Waals surface area contributed by atoms with Crippen molar-refractivity contribution in [2.75, 3.05) is 45.8 Å². The van der Waals surface area contributed by atoms with E-state index in [1.165, 1.54) is 12.8 Å². The first kappa shape index (κ1) is 38.3. The monoisotopic (exact) mass is 742 g/mol. The number of ether oxygens (including phenoxy) is 3. The molecule has 10 heteroatoms. The van der Waals surface area contributed by atoms with Gasteiger partial charge in [-0.3, -0.25) is 4.90 Å². The summed E-state index contributed by atoms with van der Waals surface area (Å²) >= 11 is 0. The normalized spacial score (nSPS) is 46.6. The third-order valence-corrected chi connectivity index (χ3v) is 17.6. The molecular formula is C43H71N3O7. The number of carbonyl (C=O) groups is 2.